The van der Waals surface area contributed by atoms with Gasteiger partial charge in [0.25, 0.3) is 5.91 Å². The van der Waals surface area contributed by atoms with Crippen LogP contribution in [0.5, 0.6) is 0 Å². The molecular formula is C17H21N3O3. The Labute approximate surface area is 135 Å². The fourth-order valence-electron chi connectivity index (χ4n) is 3.09. The molecule has 2 aliphatic heterocycles. The Balaban J connectivity index is 1.57. The SMILES string of the molecule is O=C1CC(Cc2ccc(C(=O)NC3CCCNC3)cc2)C(=O)N1. The van der Waals surface area contributed by atoms with Gasteiger partial charge in [-0.2, -0.15) is 0 Å². The molecule has 2 saturated heterocycles. The number of nitrogens with one attached hydrogen (secondary N) is 3. The third-order valence-corrected chi connectivity index (χ3v) is 4.40. The molecule has 0 saturated carbocycles. The first kappa shape index (κ1) is 15.7. The maximum absolute atomic E-state index is 12.2. The van der Waals surface area contributed by atoms with E-state index in [1.165, 1.54) is 0 Å². The van der Waals surface area contributed by atoms with E-state index in [0.29, 0.717) is 12.0 Å². The van der Waals surface area contributed by atoms with Crippen LogP contribution in [0.25, 0.3) is 0 Å². The van der Waals surface area contributed by atoms with Gasteiger partial charge in [-0.25, -0.2) is 0 Å². The minimum atomic E-state index is -0.296. The molecular weight excluding hydrogens is 294 g/mol. The predicted octanol–water partition coefficient (Wildman–Crippen LogP) is 0.374. The van der Waals surface area contributed by atoms with Crippen molar-refractivity contribution in [3.63, 3.8) is 0 Å². The highest BCUT2D eigenvalue weighted by Crippen LogP contribution is 2.17. The maximum atomic E-state index is 12.2. The van der Waals surface area contributed by atoms with Crippen LogP contribution in [0.15, 0.2) is 24.3 Å². The lowest BCUT2D eigenvalue weighted by atomic mass is 9.97. The summed E-state index contributed by atoms with van der Waals surface area (Å²) in [6.45, 7) is 1.83. The van der Waals surface area contributed by atoms with Gasteiger partial charge in [0.2, 0.25) is 11.8 Å². The van der Waals surface area contributed by atoms with Crippen molar-refractivity contribution in [3.8, 4) is 0 Å². The van der Waals surface area contributed by atoms with Crippen molar-refractivity contribution in [3.05, 3.63) is 35.4 Å². The van der Waals surface area contributed by atoms with Crippen LogP contribution in [-0.2, 0) is 16.0 Å². The molecule has 0 radical (unpaired) electrons. The van der Waals surface area contributed by atoms with Crippen molar-refractivity contribution in [2.75, 3.05) is 13.1 Å². The Bertz CT molecular complexity index is 606. The summed E-state index contributed by atoms with van der Waals surface area (Å²) in [4.78, 5) is 35.0. The Kier molecular flexibility index (Phi) is 4.71. The van der Waals surface area contributed by atoms with Gasteiger partial charge in [-0.3, -0.25) is 19.7 Å². The summed E-state index contributed by atoms with van der Waals surface area (Å²) in [7, 11) is 0. The number of imide groups is 1. The molecule has 3 rings (SSSR count). The number of benzene rings is 1. The summed E-state index contributed by atoms with van der Waals surface area (Å²) in [5, 5.41) is 8.61. The van der Waals surface area contributed by atoms with Crippen LogP contribution in [-0.4, -0.2) is 36.9 Å². The zero-order chi connectivity index (χ0) is 16.2. The molecule has 122 valence electrons. The van der Waals surface area contributed by atoms with E-state index < -0.39 is 0 Å². The van der Waals surface area contributed by atoms with E-state index in [9.17, 15) is 14.4 Å². The van der Waals surface area contributed by atoms with Crippen molar-refractivity contribution in [2.24, 2.45) is 5.92 Å². The molecule has 2 aliphatic rings. The second-order valence-electron chi connectivity index (χ2n) is 6.23. The zero-order valence-corrected chi connectivity index (χ0v) is 12.9. The van der Waals surface area contributed by atoms with Crippen molar-refractivity contribution in [1.82, 2.24) is 16.0 Å². The molecule has 6 nitrogen and oxygen atoms in total. The van der Waals surface area contributed by atoms with Gasteiger partial charge in [0.1, 0.15) is 0 Å². The molecule has 1 aromatic rings. The Morgan fingerprint density at radius 3 is 2.61 bits per heavy atom. The number of hydrogen-bond donors (Lipinski definition) is 3. The van der Waals surface area contributed by atoms with Gasteiger partial charge in [0.15, 0.2) is 0 Å². The van der Waals surface area contributed by atoms with Crippen molar-refractivity contribution < 1.29 is 14.4 Å². The minimum absolute atomic E-state index is 0.0703. The van der Waals surface area contributed by atoms with Gasteiger partial charge >= 0.3 is 0 Å². The van der Waals surface area contributed by atoms with Gasteiger partial charge < -0.3 is 10.6 Å². The monoisotopic (exact) mass is 315 g/mol. The summed E-state index contributed by atoms with van der Waals surface area (Å²) in [5.41, 5.74) is 1.57. The molecule has 2 heterocycles. The van der Waals surface area contributed by atoms with E-state index in [0.717, 1.165) is 31.5 Å². The van der Waals surface area contributed by atoms with E-state index in [1.807, 2.05) is 12.1 Å². The summed E-state index contributed by atoms with van der Waals surface area (Å²) < 4.78 is 0. The lowest BCUT2D eigenvalue weighted by Gasteiger charge is -2.23. The molecule has 2 fully saturated rings. The Morgan fingerprint density at radius 2 is 2.00 bits per heavy atom. The number of amides is 3. The van der Waals surface area contributed by atoms with Crippen LogP contribution in [0, 0.1) is 5.92 Å². The standard InChI is InChI=1S/C17H21N3O3/c21-15-9-13(17(23)20-15)8-11-3-5-12(6-4-11)16(22)19-14-2-1-7-18-10-14/h3-6,13-14,18H,1-2,7-10H2,(H,19,22)(H,20,21,23). The van der Waals surface area contributed by atoms with E-state index >= 15 is 0 Å². The number of carbonyl (C=O) groups excluding carboxylic acids is 3. The van der Waals surface area contributed by atoms with Crippen LogP contribution in [0.4, 0.5) is 0 Å². The highest BCUT2D eigenvalue weighted by molar-refractivity contribution is 6.03. The van der Waals surface area contributed by atoms with E-state index in [2.05, 4.69) is 16.0 Å². The second-order valence-corrected chi connectivity index (χ2v) is 6.23. The van der Waals surface area contributed by atoms with Crippen molar-refractivity contribution in [1.29, 1.82) is 0 Å². The number of rotatable bonds is 4. The quantitative estimate of drug-likeness (QED) is 0.701. The molecule has 0 aromatic heterocycles. The first-order chi connectivity index (χ1) is 11.1. The summed E-state index contributed by atoms with van der Waals surface area (Å²) in [5.74, 6) is -0.784. The molecule has 0 spiro atoms. The first-order valence-corrected chi connectivity index (χ1v) is 8.06. The smallest absolute Gasteiger partial charge is 0.251 e. The topological polar surface area (TPSA) is 87.3 Å². The number of piperidine rings is 1. The van der Waals surface area contributed by atoms with Crippen LogP contribution in [0.2, 0.25) is 0 Å². The Hall–Kier alpha value is -2.21. The minimum Gasteiger partial charge on any atom is -0.348 e. The largest absolute Gasteiger partial charge is 0.348 e. The van der Waals surface area contributed by atoms with Crippen LogP contribution in [0.1, 0.15) is 35.2 Å². The highest BCUT2D eigenvalue weighted by atomic mass is 16.2. The third-order valence-electron chi connectivity index (χ3n) is 4.40. The normalized spacial score (nSPS) is 24.3. The highest BCUT2D eigenvalue weighted by Gasteiger charge is 2.30. The molecule has 2 unspecified atom stereocenters. The number of hydrogen-bond acceptors (Lipinski definition) is 4. The van der Waals surface area contributed by atoms with E-state index in [1.54, 1.807) is 12.1 Å². The second kappa shape index (κ2) is 6.91. The lowest BCUT2D eigenvalue weighted by Crippen LogP contribution is -2.45. The molecule has 6 heteroatoms. The summed E-state index contributed by atoms with van der Waals surface area (Å²) in [6.07, 6.45) is 2.84. The molecule has 0 aliphatic carbocycles. The van der Waals surface area contributed by atoms with Gasteiger partial charge in [-0.1, -0.05) is 12.1 Å². The first-order valence-electron chi connectivity index (χ1n) is 8.06. The van der Waals surface area contributed by atoms with Crippen LogP contribution in [0.3, 0.4) is 0 Å². The predicted molar refractivity (Wildman–Crippen MR) is 84.8 cm³/mol. The third kappa shape index (κ3) is 3.96. The number of carbonyl (C=O) groups is 3. The van der Waals surface area contributed by atoms with Gasteiger partial charge in [0.05, 0.1) is 5.92 Å². The summed E-state index contributed by atoms with van der Waals surface area (Å²) >= 11 is 0. The lowest BCUT2D eigenvalue weighted by molar-refractivity contribution is -0.125. The van der Waals surface area contributed by atoms with E-state index in [-0.39, 0.29) is 36.1 Å². The fourth-order valence-corrected chi connectivity index (χ4v) is 3.09. The van der Waals surface area contributed by atoms with E-state index in [4.69, 9.17) is 0 Å². The average Bonchev–Trinajstić information content (AvgIpc) is 2.86. The molecule has 3 amide bonds. The summed E-state index contributed by atoms with van der Waals surface area (Å²) in [6, 6.07) is 7.43. The average molecular weight is 315 g/mol. The molecule has 23 heavy (non-hydrogen) atoms. The van der Waals surface area contributed by atoms with Crippen molar-refractivity contribution >= 4 is 17.7 Å². The van der Waals surface area contributed by atoms with Gasteiger partial charge in [-0.05, 0) is 43.5 Å². The molecule has 2 atom stereocenters. The fraction of sp³-hybridized carbons (Fsp3) is 0.471. The van der Waals surface area contributed by atoms with Crippen molar-refractivity contribution in [2.45, 2.75) is 31.7 Å². The zero-order valence-electron chi connectivity index (χ0n) is 12.9. The van der Waals surface area contributed by atoms with Crippen LogP contribution < -0.4 is 16.0 Å². The molecule has 3 N–H and O–H groups in total. The Morgan fingerprint density at radius 1 is 1.22 bits per heavy atom. The van der Waals surface area contributed by atoms with Crippen LogP contribution >= 0.6 is 0 Å². The van der Waals surface area contributed by atoms with Gasteiger partial charge in [-0.15, -0.1) is 0 Å². The molecule has 1 aromatic carbocycles. The van der Waals surface area contributed by atoms with Gasteiger partial charge in [0, 0.05) is 24.6 Å². The maximum Gasteiger partial charge on any atom is 0.251 e. The molecule has 0 bridgehead atoms.